The molecule has 4 fully saturated rings. The molecule has 0 aromatic carbocycles. The average molecular weight is 445 g/mol. The third kappa shape index (κ3) is 3.30. The Labute approximate surface area is 194 Å². The van der Waals surface area contributed by atoms with Gasteiger partial charge in [-0.25, -0.2) is 0 Å². The first-order valence-corrected chi connectivity index (χ1v) is 13.0. The van der Waals surface area contributed by atoms with Crippen LogP contribution in [0, 0.1) is 46.3 Å². The molecular formula is C28H44O4. The molecule has 10 atom stereocenters. The Kier molecular flexibility index (Phi) is 6.07. The summed E-state index contributed by atoms with van der Waals surface area (Å²) in [6, 6.07) is 0. The van der Waals surface area contributed by atoms with Crippen molar-refractivity contribution in [2.45, 2.75) is 104 Å². The molecule has 2 N–H and O–H groups in total. The second kappa shape index (κ2) is 8.05. The largest absolute Gasteiger partial charge is 0.393 e. The highest BCUT2D eigenvalue weighted by Gasteiger charge is 2.69. The summed E-state index contributed by atoms with van der Waals surface area (Å²) >= 11 is 0. The molecule has 4 aliphatic carbocycles. The van der Waals surface area contributed by atoms with E-state index in [2.05, 4.69) is 34.3 Å². The van der Waals surface area contributed by atoms with Crippen LogP contribution >= 0.6 is 0 Å². The molecule has 0 unspecified atom stereocenters. The van der Waals surface area contributed by atoms with Crippen molar-refractivity contribution in [3.63, 3.8) is 0 Å². The van der Waals surface area contributed by atoms with Crippen molar-refractivity contribution >= 4 is 11.6 Å². The molecule has 4 nitrogen and oxygen atoms in total. The van der Waals surface area contributed by atoms with Gasteiger partial charge in [-0.05, 0) is 86.4 Å². The Balaban J connectivity index is 1.59. The number of aliphatic hydroxyl groups is 2. The molecule has 0 radical (unpaired) electrons. The van der Waals surface area contributed by atoms with Gasteiger partial charge in [-0.15, -0.1) is 0 Å². The molecule has 0 aliphatic heterocycles. The van der Waals surface area contributed by atoms with E-state index in [-0.39, 0.29) is 35.2 Å². The van der Waals surface area contributed by atoms with Gasteiger partial charge in [0.2, 0.25) is 0 Å². The van der Waals surface area contributed by atoms with Crippen LogP contribution in [0.2, 0.25) is 0 Å². The van der Waals surface area contributed by atoms with Crippen LogP contribution < -0.4 is 0 Å². The number of carbonyl (C=O) groups excluding carboxylic acids is 2. The standard InChI is InChI=1S/C28H44O4/c1-16(2)17(3)7-8-18(4)21-9-10-22-20-13-25(31)28(32)15-19(29)11-12-26(28,5)23(20)14-24(30)27(21,22)6/h17-18,20-24,30,32H,1,7-15H2,2-6H3/t17-,18+,20-,21+,22-,23-,24+,26+,27+,28-/m0/s1. The fraction of sp³-hybridized carbons (Fsp3) is 0.857. The lowest BCUT2D eigenvalue weighted by molar-refractivity contribution is -0.217. The van der Waals surface area contributed by atoms with Crippen LogP contribution in [0.1, 0.15) is 92.4 Å². The molecule has 4 aliphatic rings. The smallest absolute Gasteiger partial charge is 0.165 e. The average Bonchev–Trinajstić information content (AvgIpc) is 3.08. The molecule has 0 spiro atoms. The van der Waals surface area contributed by atoms with Gasteiger partial charge in [0, 0.05) is 24.7 Å². The van der Waals surface area contributed by atoms with Crippen LogP contribution in [0.15, 0.2) is 12.2 Å². The van der Waals surface area contributed by atoms with Gasteiger partial charge in [0.1, 0.15) is 11.4 Å². The molecule has 4 heteroatoms. The lowest BCUT2D eigenvalue weighted by Crippen LogP contribution is -2.68. The Morgan fingerprint density at radius 1 is 1.16 bits per heavy atom. The first-order chi connectivity index (χ1) is 14.9. The van der Waals surface area contributed by atoms with Gasteiger partial charge in [-0.1, -0.05) is 39.8 Å². The Morgan fingerprint density at radius 2 is 1.84 bits per heavy atom. The van der Waals surface area contributed by atoms with Crippen LogP contribution in [-0.2, 0) is 9.59 Å². The molecular weight excluding hydrogens is 400 g/mol. The molecule has 180 valence electrons. The highest BCUT2D eigenvalue weighted by molar-refractivity contribution is 5.96. The number of carbonyl (C=O) groups is 2. The highest BCUT2D eigenvalue weighted by atomic mass is 16.3. The van der Waals surface area contributed by atoms with Crippen molar-refractivity contribution in [1.82, 2.24) is 0 Å². The molecule has 32 heavy (non-hydrogen) atoms. The van der Waals surface area contributed by atoms with Crippen LogP contribution in [0.5, 0.6) is 0 Å². The number of hydrogen-bond donors (Lipinski definition) is 2. The van der Waals surface area contributed by atoms with Crippen molar-refractivity contribution in [3.05, 3.63) is 12.2 Å². The molecule has 0 bridgehead atoms. The van der Waals surface area contributed by atoms with Crippen LogP contribution in [0.25, 0.3) is 0 Å². The van der Waals surface area contributed by atoms with Crippen molar-refractivity contribution < 1.29 is 19.8 Å². The summed E-state index contributed by atoms with van der Waals surface area (Å²) in [6.45, 7) is 15.1. The van der Waals surface area contributed by atoms with Crippen molar-refractivity contribution in [2.24, 2.45) is 46.3 Å². The van der Waals surface area contributed by atoms with E-state index in [4.69, 9.17) is 0 Å². The molecule has 0 aromatic rings. The van der Waals surface area contributed by atoms with E-state index in [1.54, 1.807) is 0 Å². The number of hydrogen-bond acceptors (Lipinski definition) is 4. The summed E-state index contributed by atoms with van der Waals surface area (Å²) < 4.78 is 0. The Bertz CT molecular complexity index is 803. The fourth-order valence-electron chi connectivity index (χ4n) is 8.72. The highest BCUT2D eigenvalue weighted by Crippen LogP contribution is 2.68. The SMILES string of the molecule is C=C(C)[C@@H](C)CC[C@@H](C)[C@H]1CC[C@H]2[C@@H]3CC(=O)[C@@]4(O)CC(=O)CC[C@]4(C)[C@H]3C[C@@H](O)[C@]12C. The van der Waals surface area contributed by atoms with Gasteiger partial charge in [-0.2, -0.15) is 0 Å². The van der Waals surface area contributed by atoms with E-state index in [1.165, 1.54) is 5.57 Å². The zero-order valence-corrected chi connectivity index (χ0v) is 20.8. The van der Waals surface area contributed by atoms with Gasteiger partial charge >= 0.3 is 0 Å². The quantitative estimate of drug-likeness (QED) is 0.578. The number of Topliss-reactive ketones (excluding diaryl/α,β-unsaturated/α-hetero) is 2. The monoisotopic (exact) mass is 444 g/mol. The van der Waals surface area contributed by atoms with E-state index in [0.717, 1.165) is 25.7 Å². The maximum Gasteiger partial charge on any atom is 0.165 e. The van der Waals surface area contributed by atoms with Gasteiger partial charge in [0.15, 0.2) is 5.78 Å². The minimum absolute atomic E-state index is 0.00304. The third-order valence-electron chi connectivity index (χ3n) is 11.2. The predicted molar refractivity (Wildman–Crippen MR) is 126 cm³/mol. The number of allylic oxidation sites excluding steroid dienone is 1. The molecule has 0 aromatic heterocycles. The molecule has 0 saturated heterocycles. The summed E-state index contributed by atoms with van der Waals surface area (Å²) in [4.78, 5) is 25.5. The van der Waals surface area contributed by atoms with Gasteiger partial charge in [-0.3, -0.25) is 9.59 Å². The van der Waals surface area contributed by atoms with Crippen molar-refractivity contribution in [2.75, 3.05) is 0 Å². The predicted octanol–water partition coefficient (Wildman–Crippen LogP) is 5.11. The summed E-state index contributed by atoms with van der Waals surface area (Å²) in [5, 5.41) is 23.1. The Hall–Kier alpha value is -1.00. The number of ketones is 2. The normalized spacial score (nSPS) is 47.9. The topological polar surface area (TPSA) is 74.6 Å². The summed E-state index contributed by atoms with van der Waals surface area (Å²) in [5.74, 6) is 1.99. The van der Waals surface area contributed by atoms with E-state index in [1.807, 2.05) is 6.92 Å². The fourth-order valence-corrected chi connectivity index (χ4v) is 8.72. The van der Waals surface area contributed by atoms with Gasteiger partial charge in [0.05, 0.1) is 6.10 Å². The molecule has 4 saturated carbocycles. The third-order valence-corrected chi connectivity index (χ3v) is 11.2. The lowest BCUT2D eigenvalue weighted by atomic mass is 9.42. The lowest BCUT2D eigenvalue weighted by Gasteiger charge is -2.63. The van der Waals surface area contributed by atoms with Gasteiger partial charge in [0.25, 0.3) is 0 Å². The number of aliphatic hydroxyl groups excluding tert-OH is 1. The molecule has 0 heterocycles. The first kappa shape index (κ1) is 24.1. The number of fused-ring (bicyclic) bond motifs is 5. The molecule has 4 rings (SSSR count). The zero-order chi connectivity index (χ0) is 23.6. The maximum absolute atomic E-state index is 13.3. The summed E-state index contributed by atoms with van der Waals surface area (Å²) in [7, 11) is 0. The van der Waals surface area contributed by atoms with E-state index >= 15 is 0 Å². The molecule has 0 amide bonds. The van der Waals surface area contributed by atoms with E-state index in [0.29, 0.717) is 49.4 Å². The second-order valence-corrected chi connectivity index (χ2v) is 12.6. The first-order valence-electron chi connectivity index (χ1n) is 13.0. The van der Waals surface area contributed by atoms with Gasteiger partial charge < -0.3 is 10.2 Å². The van der Waals surface area contributed by atoms with Crippen LogP contribution in [-0.4, -0.2) is 33.5 Å². The van der Waals surface area contributed by atoms with Crippen LogP contribution in [0.4, 0.5) is 0 Å². The van der Waals surface area contributed by atoms with Crippen LogP contribution in [0.3, 0.4) is 0 Å². The second-order valence-electron chi connectivity index (χ2n) is 12.6. The van der Waals surface area contributed by atoms with E-state index in [9.17, 15) is 19.8 Å². The minimum atomic E-state index is -1.54. The number of rotatable bonds is 5. The summed E-state index contributed by atoms with van der Waals surface area (Å²) in [6.07, 6.45) is 5.98. The minimum Gasteiger partial charge on any atom is -0.393 e. The van der Waals surface area contributed by atoms with Crippen molar-refractivity contribution in [1.29, 1.82) is 0 Å². The maximum atomic E-state index is 13.3. The van der Waals surface area contributed by atoms with E-state index < -0.39 is 17.1 Å². The summed E-state index contributed by atoms with van der Waals surface area (Å²) in [5.41, 5.74) is -1.09. The van der Waals surface area contributed by atoms with Crippen molar-refractivity contribution in [3.8, 4) is 0 Å². The zero-order valence-electron chi connectivity index (χ0n) is 20.8. The Morgan fingerprint density at radius 3 is 2.50 bits per heavy atom.